The van der Waals surface area contributed by atoms with Gasteiger partial charge in [0, 0.05) is 36.1 Å². The van der Waals surface area contributed by atoms with Crippen molar-refractivity contribution in [2.24, 2.45) is 7.05 Å². The Labute approximate surface area is 100 Å². The molecule has 1 aromatic carbocycles. The molecule has 17 heavy (non-hydrogen) atoms. The fourth-order valence-electron chi connectivity index (χ4n) is 2.01. The lowest BCUT2D eigenvalue weighted by atomic mass is 10.1. The highest BCUT2D eigenvalue weighted by Crippen LogP contribution is 2.22. The number of aryl methyl sites for hydroxylation is 1. The van der Waals surface area contributed by atoms with Gasteiger partial charge in [0.05, 0.1) is 7.11 Å². The molecular weight excluding hydrogens is 214 g/mol. The Morgan fingerprint density at radius 2 is 2.12 bits per heavy atom. The van der Waals surface area contributed by atoms with Crippen LogP contribution in [0.1, 0.15) is 5.56 Å². The number of hydrogen-bond acceptors (Lipinski definition) is 2. The Hall–Kier alpha value is -2.03. The van der Waals surface area contributed by atoms with E-state index in [0.717, 1.165) is 16.5 Å². The number of benzene rings is 1. The van der Waals surface area contributed by atoms with E-state index in [9.17, 15) is 4.79 Å². The van der Waals surface area contributed by atoms with Crippen LogP contribution in [-0.4, -0.2) is 17.6 Å². The van der Waals surface area contributed by atoms with Crippen molar-refractivity contribution in [3.63, 3.8) is 0 Å². The normalized spacial score (nSPS) is 10.5. The number of methoxy groups -OCH3 is 1. The summed E-state index contributed by atoms with van der Waals surface area (Å²) in [6.07, 6.45) is 2.55. The molecular formula is C14H15NO2. The van der Waals surface area contributed by atoms with E-state index in [2.05, 4.69) is 28.0 Å². The molecule has 3 heteroatoms. The largest absolute Gasteiger partial charge is 0.466 e. The minimum Gasteiger partial charge on any atom is -0.466 e. The molecule has 0 spiro atoms. The molecule has 2 rings (SSSR count). The Kier molecular flexibility index (Phi) is 3.00. The molecule has 0 saturated heterocycles. The highest BCUT2D eigenvalue weighted by atomic mass is 16.5. The van der Waals surface area contributed by atoms with Crippen molar-refractivity contribution in [2.75, 3.05) is 7.11 Å². The molecule has 1 aromatic heterocycles. The van der Waals surface area contributed by atoms with Gasteiger partial charge >= 0.3 is 5.97 Å². The minimum absolute atomic E-state index is 0.349. The summed E-state index contributed by atoms with van der Waals surface area (Å²) in [6.45, 7) is 3.75. The van der Waals surface area contributed by atoms with E-state index in [1.54, 1.807) is 0 Å². The summed E-state index contributed by atoms with van der Waals surface area (Å²) in [5.74, 6) is -0.349. The Morgan fingerprint density at radius 3 is 2.82 bits per heavy atom. The zero-order valence-electron chi connectivity index (χ0n) is 10.1. The van der Waals surface area contributed by atoms with Crippen molar-refractivity contribution in [2.45, 2.75) is 6.42 Å². The van der Waals surface area contributed by atoms with E-state index in [1.807, 2.05) is 25.4 Å². The Balaban J connectivity index is 2.37. The van der Waals surface area contributed by atoms with Gasteiger partial charge in [-0.1, -0.05) is 24.8 Å². The molecule has 0 N–H and O–H groups in total. The molecule has 0 bridgehead atoms. The van der Waals surface area contributed by atoms with Crippen LogP contribution in [0.4, 0.5) is 0 Å². The number of nitrogens with zero attached hydrogens (tertiary/aromatic N) is 1. The first-order valence-electron chi connectivity index (χ1n) is 5.42. The van der Waals surface area contributed by atoms with Crippen molar-refractivity contribution in [1.82, 2.24) is 4.57 Å². The standard InChI is InChI=1S/C14H15NO2/c1-10(14(16)17-3)8-11-9-15(2)13-7-5-4-6-12(11)13/h4-7,9H,1,8H2,2-3H3. The van der Waals surface area contributed by atoms with Crippen LogP contribution in [0.15, 0.2) is 42.6 Å². The van der Waals surface area contributed by atoms with Crippen molar-refractivity contribution in [3.05, 3.63) is 48.2 Å². The van der Waals surface area contributed by atoms with Crippen molar-refractivity contribution >= 4 is 16.9 Å². The Bertz CT molecular complexity index is 581. The second kappa shape index (κ2) is 4.45. The number of hydrogen-bond donors (Lipinski definition) is 0. The number of ether oxygens (including phenoxy) is 1. The van der Waals surface area contributed by atoms with E-state index in [0.29, 0.717) is 12.0 Å². The van der Waals surface area contributed by atoms with Gasteiger partial charge in [0.15, 0.2) is 0 Å². The van der Waals surface area contributed by atoms with Crippen LogP contribution in [0, 0.1) is 0 Å². The van der Waals surface area contributed by atoms with E-state index in [1.165, 1.54) is 7.11 Å². The van der Waals surface area contributed by atoms with Gasteiger partial charge in [-0.2, -0.15) is 0 Å². The molecule has 88 valence electrons. The summed E-state index contributed by atoms with van der Waals surface area (Å²) in [7, 11) is 3.36. The molecule has 0 unspecified atom stereocenters. The fraction of sp³-hybridized carbons (Fsp3) is 0.214. The molecule has 0 aliphatic rings. The molecule has 0 atom stereocenters. The monoisotopic (exact) mass is 229 g/mol. The predicted molar refractivity (Wildman–Crippen MR) is 67.8 cm³/mol. The molecule has 0 radical (unpaired) electrons. The van der Waals surface area contributed by atoms with Crippen LogP contribution in [0.2, 0.25) is 0 Å². The maximum atomic E-state index is 11.3. The van der Waals surface area contributed by atoms with E-state index >= 15 is 0 Å². The van der Waals surface area contributed by atoms with E-state index in [4.69, 9.17) is 0 Å². The maximum Gasteiger partial charge on any atom is 0.333 e. The zero-order chi connectivity index (χ0) is 12.4. The van der Waals surface area contributed by atoms with E-state index < -0.39 is 0 Å². The molecule has 2 aromatic rings. The topological polar surface area (TPSA) is 31.2 Å². The second-order valence-corrected chi connectivity index (χ2v) is 4.05. The molecule has 0 amide bonds. The van der Waals surface area contributed by atoms with Crippen molar-refractivity contribution in [1.29, 1.82) is 0 Å². The van der Waals surface area contributed by atoms with Crippen molar-refractivity contribution in [3.8, 4) is 0 Å². The van der Waals surface area contributed by atoms with Gasteiger partial charge in [-0.15, -0.1) is 0 Å². The van der Waals surface area contributed by atoms with Crippen LogP contribution >= 0.6 is 0 Å². The van der Waals surface area contributed by atoms with Gasteiger partial charge in [-0.05, 0) is 11.6 Å². The SMILES string of the molecule is C=C(Cc1cn(C)c2ccccc12)C(=O)OC. The van der Waals surface area contributed by atoms with Crippen LogP contribution in [0.5, 0.6) is 0 Å². The summed E-state index contributed by atoms with van der Waals surface area (Å²) in [5, 5.41) is 1.15. The first-order chi connectivity index (χ1) is 8.13. The number of fused-ring (bicyclic) bond motifs is 1. The third kappa shape index (κ3) is 2.09. The first-order valence-corrected chi connectivity index (χ1v) is 5.42. The van der Waals surface area contributed by atoms with Crippen LogP contribution in [0.25, 0.3) is 10.9 Å². The lowest BCUT2D eigenvalue weighted by molar-refractivity contribution is -0.136. The summed E-state index contributed by atoms with van der Waals surface area (Å²) >= 11 is 0. The average molecular weight is 229 g/mol. The minimum atomic E-state index is -0.349. The molecule has 0 aliphatic heterocycles. The van der Waals surface area contributed by atoms with Gasteiger partial charge in [0.25, 0.3) is 0 Å². The van der Waals surface area contributed by atoms with Gasteiger partial charge in [0.1, 0.15) is 0 Å². The van der Waals surface area contributed by atoms with Crippen LogP contribution < -0.4 is 0 Å². The molecule has 0 saturated carbocycles. The highest BCUT2D eigenvalue weighted by molar-refractivity contribution is 5.90. The Morgan fingerprint density at radius 1 is 1.41 bits per heavy atom. The summed E-state index contributed by atoms with van der Waals surface area (Å²) in [6, 6.07) is 8.10. The van der Waals surface area contributed by atoms with Gasteiger partial charge < -0.3 is 9.30 Å². The van der Waals surface area contributed by atoms with Gasteiger partial charge in [0.2, 0.25) is 0 Å². The lowest BCUT2D eigenvalue weighted by Gasteiger charge is -2.02. The highest BCUT2D eigenvalue weighted by Gasteiger charge is 2.11. The number of aromatic nitrogens is 1. The lowest BCUT2D eigenvalue weighted by Crippen LogP contribution is -2.05. The predicted octanol–water partition coefficient (Wildman–Crippen LogP) is 2.45. The summed E-state index contributed by atoms with van der Waals surface area (Å²) in [5.41, 5.74) is 2.72. The summed E-state index contributed by atoms with van der Waals surface area (Å²) < 4.78 is 6.71. The molecule has 0 aliphatic carbocycles. The quantitative estimate of drug-likeness (QED) is 0.598. The smallest absolute Gasteiger partial charge is 0.333 e. The molecule has 0 fully saturated rings. The summed E-state index contributed by atoms with van der Waals surface area (Å²) in [4.78, 5) is 11.3. The number of carbonyl (C=O) groups is 1. The number of rotatable bonds is 3. The second-order valence-electron chi connectivity index (χ2n) is 4.05. The zero-order valence-corrected chi connectivity index (χ0v) is 10.1. The van der Waals surface area contributed by atoms with Crippen LogP contribution in [0.3, 0.4) is 0 Å². The van der Waals surface area contributed by atoms with E-state index in [-0.39, 0.29) is 5.97 Å². The fourth-order valence-corrected chi connectivity index (χ4v) is 2.01. The number of carbonyl (C=O) groups excluding carboxylic acids is 1. The maximum absolute atomic E-state index is 11.3. The number of para-hydroxylation sites is 1. The molecule has 1 heterocycles. The van der Waals surface area contributed by atoms with Gasteiger partial charge in [-0.3, -0.25) is 0 Å². The third-order valence-electron chi connectivity index (χ3n) is 2.86. The van der Waals surface area contributed by atoms with Crippen molar-refractivity contribution < 1.29 is 9.53 Å². The van der Waals surface area contributed by atoms with Gasteiger partial charge in [-0.25, -0.2) is 4.79 Å². The van der Waals surface area contributed by atoms with Crippen LogP contribution in [-0.2, 0) is 23.0 Å². The molecule has 3 nitrogen and oxygen atoms in total. The first kappa shape index (κ1) is 11.5. The third-order valence-corrected chi connectivity index (χ3v) is 2.86. The number of esters is 1. The average Bonchev–Trinajstić information content (AvgIpc) is 2.66.